The Morgan fingerprint density at radius 3 is 2.19 bits per heavy atom. The molecule has 0 heterocycles. The lowest BCUT2D eigenvalue weighted by molar-refractivity contribution is -0.215. The maximum Gasteiger partial charge on any atom is 0.377 e. The van der Waals surface area contributed by atoms with Gasteiger partial charge in [0.15, 0.2) is 11.7 Å². The molecule has 0 bridgehead atoms. The van der Waals surface area contributed by atoms with Crippen LogP contribution in [-0.2, 0) is 9.68 Å². The van der Waals surface area contributed by atoms with Crippen LogP contribution in [0, 0.1) is 6.92 Å². The maximum atomic E-state index is 12.2. The monoisotopic (exact) mass is 392 g/mol. The first kappa shape index (κ1) is 21.8. The minimum absolute atomic E-state index is 0. The van der Waals surface area contributed by atoms with Gasteiger partial charge in [0.05, 0.1) is 5.69 Å². The first-order valence-electron chi connectivity index (χ1n) is 7.81. The summed E-state index contributed by atoms with van der Waals surface area (Å²) in [5.41, 5.74) is 12.5. The van der Waals surface area contributed by atoms with Crippen molar-refractivity contribution in [1.82, 2.24) is 5.32 Å². The van der Waals surface area contributed by atoms with E-state index in [4.69, 9.17) is 21.2 Å². The third-order valence-electron chi connectivity index (χ3n) is 3.33. The maximum absolute atomic E-state index is 12.2. The number of halogens is 1. The van der Waals surface area contributed by atoms with Crippen molar-refractivity contribution in [2.75, 3.05) is 0 Å². The molecule has 2 aromatic rings. The van der Waals surface area contributed by atoms with E-state index in [1.807, 2.05) is 19.1 Å². The molecule has 0 aliphatic heterocycles. The molecule has 8 nitrogen and oxygen atoms in total. The van der Waals surface area contributed by atoms with Gasteiger partial charge in [-0.15, -0.1) is 12.4 Å². The number of amides is 1. The number of nitrogens with one attached hydrogen (secondary N) is 1. The van der Waals surface area contributed by atoms with Crippen LogP contribution >= 0.6 is 12.4 Å². The molecule has 1 amide bonds. The molecule has 2 rings (SSSR count). The fraction of sp³-hybridized carbons (Fsp3) is 0.167. The first-order valence-corrected chi connectivity index (χ1v) is 7.81. The molecule has 2 aromatic carbocycles. The zero-order valence-corrected chi connectivity index (χ0v) is 15.7. The molecule has 27 heavy (non-hydrogen) atoms. The van der Waals surface area contributed by atoms with Gasteiger partial charge in [-0.25, -0.2) is 14.7 Å². The smallest absolute Gasteiger partial charge is 0.370 e. The number of aliphatic imine (C=N–C) groups is 1. The van der Waals surface area contributed by atoms with E-state index >= 15 is 0 Å². The van der Waals surface area contributed by atoms with Gasteiger partial charge in [-0.05, 0) is 50.2 Å². The predicted molar refractivity (Wildman–Crippen MR) is 104 cm³/mol. The van der Waals surface area contributed by atoms with Crippen LogP contribution in [0.3, 0.4) is 0 Å². The molecular formula is C18H21ClN4O4. The van der Waals surface area contributed by atoms with Gasteiger partial charge in [0.2, 0.25) is 0 Å². The Bertz CT molecular complexity index is 803. The Balaban J connectivity index is 0.00000364. The fourth-order valence-corrected chi connectivity index (χ4v) is 1.93. The highest BCUT2D eigenvalue weighted by Crippen LogP contribution is 2.13. The van der Waals surface area contributed by atoms with Crippen molar-refractivity contribution in [2.45, 2.75) is 19.9 Å². The van der Waals surface area contributed by atoms with E-state index in [0.717, 1.165) is 5.56 Å². The molecular weight excluding hydrogens is 372 g/mol. The Morgan fingerprint density at radius 1 is 1.04 bits per heavy atom. The van der Waals surface area contributed by atoms with Crippen molar-refractivity contribution in [3.63, 3.8) is 0 Å². The van der Waals surface area contributed by atoms with Crippen LogP contribution in [0.25, 0.3) is 0 Å². The lowest BCUT2D eigenvalue weighted by atomic mass is 10.2. The summed E-state index contributed by atoms with van der Waals surface area (Å²) in [6.07, 6.45) is 0. The number of hydrogen-bond acceptors (Lipinski definition) is 5. The summed E-state index contributed by atoms with van der Waals surface area (Å²) in [6.45, 7) is 3.42. The van der Waals surface area contributed by atoms with Gasteiger partial charge in [-0.2, -0.15) is 0 Å². The molecule has 0 aliphatic carbocycles. The second-order valence-corrected chi connectivity index (χ2v) is 5.58. The number of benzene rings is 2. The number of hydrogen-bond donors (Lipinski definition) is 3. The van der Waals surface area contributed by atoms with Crippen LogP contribution in [-0.4, -0.2) is 23.9 Å². The summed E-state index contributed by atoms with van der Waals surface area (Å²) < 4.78 is 0. The number of rotatable bonds is 6. The van der Waals surface area contributed by atoms with Crippen molar-refractivity contribution in [1.29, 1.82) is 0 Å². The van der Waals surface area contributed by atoms with Gasteiger partial charge in [-0.1, -0.05) is 17.7 Å². The summed E-state index contributed by atoms with van der Waals surface area (Å²) in [7, 11) is 0. The van der Waals surface area contributed by atoms with Crippen molar-refractivity contribution < 1.29 is 19.4 Å². The van der Waals surface area contributed by atoms with Crippen LogP contribution in [0.2, 0.25) is 0 Å². The largest absolute Gasteiger partial charge is 0.377 e. The van der Waals surface area contributed by atoms with Crippen LogP contribution < -0.4 is 21.7 Å². The van der Waals surface area contributed by atoms with Gasteiger partial charge in [0.1, 0.15) is 6.04 Å². The second-order valence-electron chi connectivity index (χ2n) is 5.58. The number of nitrogens with zero attached hydrogens (tertiary/aromatic N) is 1. The summed E-state index contributed by atoms with van der Waals surface area (Å²) >= 11 is 0. The molecule has 144 valence electrons. The zero-order valence-electron chi connectivity index (χ0n) is 14.8. The van der Waals surface area contributed by atoms with E-state index in [1.165, 1.54) is 19.1 Å². The number of carbonyl (C=O) groups excluding carboxylic acids is 2. The number of aryl methyl sites for hydroxylation is 1. The first-order chi connectivity index (χ1) is 12.3. The highest BCUT2D eigenvalue weighted by molar-refractivity contribution is 5.97. The van der Waals surface area contributed by atoms with E-state index in [9.17, 15) is 9.59 Å². The molecule has 0 fully saturated rings. The summed E-state index contributed by atoms with van der Waals surface area (Å²) in [5, 5.41) is 2.52. The fourth-order valence-electron chi connectivity index (χ4n) is 1.93. The Morgan fingerprint density at radius 2 is 1.63 bits per heavy atom. The van der Waals surface area contributed by atoms with Crippen LogP contribution in [0.1, 0.15) is 22.8 Å². The second kappa shape index (κ2) is 10.0. The molecule has 0 radical (unpaired) electrons. The minimum atomic E-state index is -0.898. The molecule has 0 spiro atoms. The minimum Gasteiger partial charge on any atom is -0.370 e. The Labute approximate surface area is 162 Å². The predicted octanol–water partition coefficient (Wildman–Crippen LogP) is 1.98. The lowest BCUT2D eigenvalue weighted by Gasteiger charge is -2.12. The van der Waals surface area contributed by atoms with Gasteiger partial charge >= 0.3 is 5.97 Å². The number of nitrogens with two attached hydrogens (primary N) is 2. The third-order valence-corrected chi connectivity index (χ3v) is 3.33. The Hall–Kier alpha value is -3.26. The summed E-state index contributed by atoms with van der Waals surface area (Å²) in [4.78, 5) is 37.6. The van der Waals surface area contributed by atoms with Crippen LogP contribution in [0.15, 0.2) is 53.5 Å². The van der Waals surface area contributed by atoms with Gasteiger partial charge in [-0.3, -0.25) is 9.68 Å². The normalized spacial score (nSPS) is 10.7. The average molecular weight is 393 g/mol. The summed E-state index contributed by atoms with van der Waals surface area (Å²) in [5.74, 6) is -0.859. The van der Waals surface area contributed by atoms with E-state index in [2.05, 4.69) is 10.3 Å². The van der Waals surface area contributed by atoms with Crippen molar-refractivity contribution >= 4 is 35.9 Å². The highest BCUT2D eigenvalue weighted by Gasteiger charge is 2.19. The van der Waals surface area contributed by atoms with Gasteiger partial charge < -0.3 is 16.8 Å². The SMILES string of the molecule is Cc1ccc(OOC(=O)C(C)NC(=O)c2ccc(N=C(N)N)cc2)cc1.Cl. The highest BCUT2D eigenvalue weighted by atomic mass is 35.5. The molecule has 0 saturated heterocycles. The van der Waals surface area contributed by atoms with E-state index < -0.39 is 17.9 Å². The molecule has 9 heteroatoms. The zero-order chi connectivity index (χ0) is 19.1. The molecule has 0 aromatic heterocycles. The summed E-state index contributed by atoms with van der Waals surface area (Å²) in [6, 6.07) is 12.3. The van der Waals surface area contributed by atoms with E-state index in [0.29, 0.717) is 17.0 Å². The topological polar surface area (TPSA) is 129 Å². The molecule has 1 atom stereocenters. The van der Waals surface area contributed by atoms with Crippen LogP contribution in [0.4, 0.5) is 5.69 Å². The molecule has 0 aliphatic rings. The number of guanidine groups is 1. The molecule has 0 saturated carbocycles. The van der Waals surface area contributed by atoms with Crippen molar-refractivity contribution in [3.8, 4) is 5.75 Å². The lowest BCUT2D eigenvalue weighted by Crippen LogP contribution is -2.39. The standard InChI is InChI=1S/C18H20N4O4.ClH/c1-11-3-9-15(10-4-11)25-26-17(24)12(2)21-16(23)13-5-7-14(8-6-13)22-18(19)20;/h3-10,12H,1-2H3,(H,21,23)(H4,19,20,22);1H. The third kappa shape index (κ3) is 6.87. The van der Waals surface area contributed by atoms with Crippen LogP contribution in [0.5, 0.6) is 5.75 Å². The molecule has 1 unspecified atom stereocenters. The van der Waals surface area contributed by atoms with Crippen molar-refractivity contribution in [2.24, 2.45) is 16.5 Å². The van der Waals surface area contributed by atoms with Gasteiger partial charge in [0, 0.05) is 5.56 Å². The number of carbonyl (C=O) groups is 2. The van der Waals surface area contributed by atoms with Gasteiger partial charge in [0.25, 0.3) is 5.91 Å². The Kier molecular flexibility index (Phi) is 8.09. The average Bonchev–Trinajstić information content (AvgIpc) is 2.61. The van der Waals surface area contributed by atoms with Crippen molar-refractivity contribution in [3.05, 3.63) is 59.7 Å². The quantitative estimate of drug-likeness (QED) is 0.298. The van der Waals surface area contributed by atoms with E-state index in [1.54, 1.807) is 24.3 Å². The van der Waals surface area contributed by atoms with E-state index in [-0.39, 0.29) is 18.4 Å². The molecule has 5 N–H and O–H groups in total.